The zero-order chi connectivity index (χ0) is 39.6. The lowest BCUT2D eigenvalue weighted by Gasteiger charge is -2.27. The molecule has 0 atom stereocenters. The fourth-order valence-electron chi connectivity index (χ4n) is 7.05. The van der Waals surface area contributed by atoms with E-state index in [1.165, 1.54) is 12.1 Å². The first-order chi connectivity index (χ1) is 24.4. The molecule has 0 unspecified atom stereocenters. The maximum atomic E-state index is 13.3. The molecule has 0 spiro atoms. The van der Waals surface area contributed by atoms with Gasteiger partial charge in [-0.25, -0.2) is 0 Å². The van der Waals surface area contributed by atoms with Gasteiger partial charge < -0.3 is 15.3 Å². The van der Waals surface area contributed by atoms with Crippen LogP contribution < -0.4 is 10.2 Å². The van der Waals surface area contributed by atoms with E-state index in [9.17, 15) is 43.9 Å². The number of carboxylic acids is 1. The molecule has 0 saturated heterocycles. The quantitative estimate of drug-likeness (QED) is 0.0863. The van der Waals surface area contributed by atoms with Gasteiger partial charge in [0.2, 0.25) is 5.69 Å². The second-order valence-corrected chi connectivity index (χ2v) is 18.7. The zero-order valence-electron chi connectivity index (χ0n) is 29.9. The van der Waals surface area contributed by atoms with Crippen molar-refractivity contribution in [3.8, 4) is 0 Å². The van der Waals surface area contributed by atoms with Crippen LogP contribution in [-0.4, -0.2) is 97.3 Å². The van der Waals surface area contributed by atoms with Gasteiger partial charge in [-0.3, -0.25) is 23.2 Å². The first kappa shape index (κ1) is 41.8. The Labute approximate surface area is 310 Å². The van der Waals surface area contributed by atoms with Crippen molar-refractivity contribution in [1.29, 1.82) is 0 Å². The summed E-state index contributed by atoms with van der Waals surface area (Å²) in [5, 5.41) is 11.6. The summed E-state index contributed by atoms with van der Waals surface area (Å²) in [6.07, 6.45) is 7.35. The van der Waals surface area contributed by atoms with E-state index in [-0.39, 0.29) is 36.4 Å². The molecule has 2 aromatic carbocycles. The molecular formula is C35H46N3O12S3+. The molecule has 0 aromatic heterocycles. The van der Waals surface area contributed by atoms with Crippen molar-refractivity contribution in [3.05, 3.63) is 77.0 Å². The number of carboxylic acid groups (broad SMARTS) is 1. The van der Waals surface area contributed by atoms with Crippen molar-refractivity contribution in [3.63, 3.8) is 0 Å². The monoisotopic (exact) mass is 796 g/mol. The average molecular weight is 797 g/mol. The molecule has 18 heteroatoms. The Kier molecular flexibility index (Phi) is 12.5. The van der Waals surface area contributed by atoms with Crippen molar-refractivity contribution in [2.75, 3.05) is 36.0 Å². The topological polar surface area (TPSA) is 236 Å². The van der Waals surface area contributed by atoms with Crippen LogP contribution in [-0.2, 0) is 46.0 Å². The van der Waals surface area contributed by atoms with Crippen LogP contribution in [0.5, 0.6) is 0 Å². The number of amides is 1. The van der Waals surface area contributed by atoms with Crippen molar-refractivity contribution < 1.29 is 58.2 Å². The normalized spacial score (nSPS) is 17.4. The van der Waals surface area contributed by atoms with E-state index in [4.69, 9.17) is 9.66 Å². The summed E-state index contributed by atoms with van der Waals surface area (Å²) in [5.41, 5.74) is 2.71. The number of benzene rings is 2. The molecule has 2 aliphatic heterocycles. The van der Waals surface area contributed by atoms with E-state index in [0.29, 0.717) is 48.3 Å². The van der Waals surface area contributed by atoms with Gasteiger partial charge in [0.1, 0.15) is 6.54 Å². The van der Waals surface area contributed by atoms with Crippen LogP contribution in [0.4, 0.5) is 11.4 Å². The zero-order valence-corrected chi connectivity index (χ0v) is 32.4. The molecule has 2 aliphatic rings. The largest absolute Gasteiger partial charge is 0.481 e. The maximum Gasteiger partial charge on any atom is 0.303 e. The van der Waals surface area contributed by atoms with Gasteiger partial charge in [-0.1, -0.05) is 32.4 Å². The summed E-state index contributed by atoms with van der Waals surface area (Å²) in [7, 11) is -13.1. The van der Waals surface area contributed by atoms with Gasteiger partial charge >= 0.3 is 5.97 Å². The minimum atomic E-state index is -4.49. The van der Waals surface area contributed by atoms with E-state index in [1.54, 1.807) is 30.3 Å². The highest BCUT2D eigenvalue weighted by Crippen LogP contribution is 2.49. The third-order valence-electron chi connectivity index (χ3n) is 9.51. The summed E-state index contributed by atoms with van der Waals surface area (Å²) in [5.74, 6) is -2.63. The highest BCUT2D eigenvalue weighted by molar-refractivity contribution is 7.86. The molecule has 0 radical (unpaired) electrons. The number of unbranched alkanes of at least 4 members (excludes halogenated alkanes) is 2. The van der Waals surface area contributed by atoms with Gasteiger partial charge in [0.15, 0.2) is 5.71 Å². The third kappa shape index (κ3) is 9.98. The van der Waals surface area contributed by atoms with Crippen molar-refractivity contribution >= 4 is 59.3 Å². The predicted molar refractivity (Wildman–Crippen MR) is 199 cm³/mol. The maximum absolute atomic E-state index is 13.3. The Bertz CT molecular complexity index is 2210. The molecule has 0 bridgehead atoms. The first-order valence-corrected chi connectivity index (χ1v) is 21.6. The van der Waals surface area contributed by atoms with Crippen LogP contribution in [0.2, 0.25) is 0 Å². The molecule has 15 nitrogen and oxygen atoms in total. The third-order valence-corrected chi connectivity index (χ3v) is 11.9. The highest BCUT2D eigenvalue weighted by atomic mass is 32.2. The van der Waals surface area contributed by atoms with Gasteiger partial charge in [0, 0.05) is 54.9 Å². The Balaban J connectivity index is 1.77. The van der Waals surface area contributed by atoms with Gasteiger partial charge in [-0.05, 0) is 62.6 Å². The van der Waals surface area contributed by atoms with Crippen molar-refractivity contribution in [2.24, 2.45) is 0 Å². The number of rotatable bonds is 17. The molecule has 0 fully saturated rings. The fraction of sp³-hybridized carbons (Fsp3) is 0.457. The Morgan fingerprint density at radius 1 is 0.868 bits per heavy atom. The average Bonchev–Trinajstić information content (AvgIpc) is 3.37. The predicted octanol–water partition coefficient (Wildman–Crippen LogP) is 4.09. The molecule has 2 heterocycles. The van der Waals surface area contributed by atoms with Crippen molar-refractivity contribution in [1.82, 2.24) is 5.32 Å². The van der Waals surface area contributed by atoms with Gasteiger partial charge in [-0.15, -0.1) is 0 Å². The Morgan fingerprint density at radius 2 is 1.55 bits per heavy atom. The lowest BCUT2D eigenvalue weighted by Crippen LogP contribution is -2.33. The minimum Gasteiger partial charge on any atom is -0.481 e. The molecular weight excluding hydrogens is 751 g/mol. The number of hydrogen-bond donors (Lipinski definition) is 5. The van der Waals surface area contributed by atoms with Crippen LogP contribution in [0.1, 0.15) is 81.3 Å². The lowest BCUT2D eigenvalue weighted by atomic mass is 9.78. The molecule has 2 aromatic rings. The first-order valence-electron chi connectivity index (χ1n) is 16.9. The highest BCUT2D eigenvalue weighted by Gasteiger charge is 2.47. The Hall–Kier alpha value is -3.94. The minimum absolute atomic E-state index is 0.0384. The Morgan fingerprint density at radius 3 is 2.17 bits per heavy atom. The number of carbonyl (C=O) groups is 2. The standard InChI is InChI=1S/C35H45N3O12S3/c1-34(2)26-23-24(53(48,49)50)16-17-27(26)37(19-7-5-6-15-31(39)40)29(34)13-9-14-30-35(3,4)32-25(33(41)36-18-22-52(45,46)47)11-8-12-28(32)38(30)20-10-21-51(42,43)44/h8-9,11-14,16-17,23H,5-7,10,15,18-22H2,1-4H3,(H4-,36,39,40,41,42,43,44,45,46,47,48,49,50)/p+1. The molecule has 5 N–H and O–H groups in total. The van der Waals surface area contributed by atoms with Crippen LogP contribution in [0.25, 0.3) is 0 Å². The number of hydrogen-bond acceptors (Lipinski definition) is 9. The van der Waals surface area contributed by atoms with Gasteiger partial charge in [0.25, 0.3) is 36.3 Å². The summed E-state index contributed by atoms with van der Waals surface area (Å²) >= 11 is 0. The number of fused-ring (bicyclic) bond motifs is 2. The summed E-state index contributed by atoms with van der Waals surface area (Å²) in [6, 6.07) is 9.40. The fourth-order valence-corrected chi connectivity index (χ4v) is 8.41. The van der Waals surface area contributed by atoms with E-state index in [2.05, 4.69) is 5.32 Å². The number of allylic oxidation sites excluding steroid dienone is 4. The van der Waals surface area contributed by atoms with Crippen molar-refractivity contribution in [2.45, 2.75) is 75.5 Å². The van der Waals surface area contributed by atoms with Crippen LogP contribution in [0.15, 0.2) is 65.2 Å². The van der Waals surface area contributed by atoms with Crippen LogP contribution >= 0.6 is 0 Å². The van der Waals surface area contributed by atoms with E-state index >= 15 is 0 Å². The number of nitrogens with zero attached hydrogens (tertiary/aromatic N) is 2. The SMILES string of the molecule is CC1(C)C(/C=C/C=C2/N(CCCCCC(=O)O)c3ccc(S(=O)(=O)O)cc3C2(C)C)=[N+](CCCS(=O)(=O)O)c2cccc(C(=O)NCCS(=O)(=O)O)c21. The van der Waals surface area contributed by atoms with E-state index in [1.807, 2.05) is 49.3 Å². The van der Waals surface area contributed by atoms with Gasteiger partial charge in [0.05, 0.1) is 32.9 Å². The molecule has 4 rings (SSSR count). The van der Waals surface area contributed by atoms with Gasteiger partial charge in [-0.2, -0.15) is 29.8 Å². The van der Waals surface area contributed by atoms with Crippen LogP contribution in [0.3, 0.4) is 0 Å². The number of anilines is 1. The molecule has 0 saturated carbocycles. The summed E-state index contributed by atoms with van der Waals surface area (Å²) < 4.78 is 100.0. The second kappa shape index (κ2) is 15.8. The second-order valence-electron chi connectivity index (χ2n) is 14.1. The van der Waals surface area contributed by atoms with Crippen LogP contribution in [0, 0.1) is 0 Å². The summed E-state index contributed by atoms with van der Waals surface area (Å²) in [4.78, 5) is 26.2. The summed E-state index contributed by atoms with van der Waals surface area (Å²) in [6.45, 7) is 7.91. The van der Waals surface area contributed by atoms with E-state index in [0.717, 1.165) is 11.4 Å². The lowest BCUT2D eigenvalue weighted by molar-refractivity contribution is -0.437. The van der Waals surface area contributed by atoms with E-state index < -0.39 is 64.6 Å². The molecule has 290 valence electrons. The number of carbonyl (C=O) groups excluding carboxylic acids is 1. The molecule has 0 aliphatic carbocycles. The number of nitrogens with one attached hydrogen (secondary N) is 1. The molecule has 1 amide bonds. The smallest absolute Gasteiger partial charge is 0.303 e. The molecule has 53 heavy (non-hydrogen) atoms. The number of aliphatic carboxylic acids is 1.